The zero-order valence-electron chi connectivity index (χ0n) is 8.71. The Morgan fingerprint density at radius 1 is 0.882 bits per heavy atom. The molecule has 17 heavy (non-hydrogen) atoms. The van der Waals surface area contributed by atoms with Gasteiger partial charge in [-0.2, -0.15) is 8.42 Å². The topological polar surface area (TPSA) is 43.4 Å². The van der Waals surface area contributed by atoms with Gasteiger partial charge in [0.15, 0.2) is 5.75 Å². The van der Waals surface area contributed by atoms with Gasteiger partial charge < -0.3 is 4.18 Å². The molecule has 0 aliphatic carbocycles. The van der Waals surface area contributed by atoms with Crippen molar-refractivity contribution < 1.29 is 12.6 Å². The molecule has 0 unspecified atom stereocenters. The number of benzene rings is 2. The highest BCUT2D eigenvalue weighted by molar-refractivity contribution is 7.87. The van der Waals surface area contributed by atoms with E-state index in [4.69, 9.17) is 15.8 Å². The minimum Gasteiger partial charge on any atom is -0.377 e. The summed E-state index contributed by atoms with van der Waals surface area (Å²) in [5.74, 6) is 0.123. The van der Waals surface area contributed by atoms with Crippen LogP contribution in [0.25, 0.3) is 0 Å². The average Bonchev–Trinajstić information content (AvgIpc) is 2.33. The Bertz CT molecular complexity index is 609. The standard InChI is InChI=1S/C12H9ClO3S/c13-11-8-4-5-9-12(11)16-17(14,15)10-6-2-1-3-7-10/h1-9H. The maximum absolute atomic E-state index is 11.9. The summed E-state index contributed by atoms with van der Waals surface area (Å²) in [7, 11) is -3.82. The molecule has 0 heterocycles. The molecule has 88 valence electrons. The van der Waals surface area contributed by atoms with Gasteiger partial charge in [-0.25, -0.2) is 0 Å². The Morgan fingerprint density at radius 3 is 2.12 bits per heavy atom. The SMILES string of the molecule is O=S(=O)(Oc1ccccc1Cl)c1ccccc1. The second kappa shape index (κ2) is 4.77. The van der Waals surface area contributed by atoms with Crippen LogP contribution in [0, 0.1) is 0 Å². The Morgan fingerprint density at radius 2 is 1.47 bits per heavy atom. The van der Waals surface area contributed by atoms with Gasteiger partial charge in [-0.1, -0.05) is 41.9 Å². The van der Waals surface area contributed by atoms with E-state index in [9.17, 15) is 8.42 Å². The van der Waals surface area contributed by atoms with Crippen LogP contribution in [-0.4, -0.2) is 8.42 Å². The summed E-state index contributed by atoms with van der Waals surface area (Å²) in [6.07, 6.45) is 0. The van der Waals surface area contributed by atoms with Crippen molar-refractivity contribution in [2.24, 2.45) is 0 Å². The lowest BCUT2D eigenvalue weighted by molar-refractivity contribution is 0.486. The van der Waals surface area contributed by atoms with Crippen molar-refractivity contribution >= 4 is 21.7 Å². The molecule has 0 spiro atoms. The van der Waals surface area contributed by atoms with E-state index in [0.29, 0.717) is 0 Å². The summed E-state index contributed by atoms with van der Waals surface area (Å²) in [6.45, 7) is 0. The van der Waals surface area contributed by atoms with Crippen LogP contribution >= 0.6 is 11.6 Å². The molecule has 0 bridgehead atoms. The molecule has 5 heteroatoms. The number of para-hydroxylation sites is 1. The molecule has 0 saturated heterocycles. The first-order valence-corrected chi connectivity index (χ1v) is 6.62. The molecule has 0 aromatic heterocycles. The summed E-state index contributed by atoms with van der Waals surface area (Å²) in [6, 6.07) is 14.3. The molecular formula is C12H9ClO3S. The first kappa shape index (κ1) is 12.0. The Balaban J connectivity index is 2.34. The lowest BCUT2D eigenvalue weighted by atomic mass is 10.3. The number of halogens is 1. The first-order chi connectivity index (χ1) is 8.09. The van der Waals surface area contributed by atoms with E-state index >= 15 is 0 Å². The van der Waals surface area contributed by atoms with Crippen molar-refractivity contribution in [2.45, 2.75) is 4.90 Å². The summed E-state index contributed by atoms with van der Waals surface area (Å²) >= 11 is 5.83. The number of rotatable bonds is 3. The fourth-order valence-electron chi connectivity index (χ4n) is 1.27. The van der Waals surface area contributed by atoms with Crippen LogP contribution in [0.2, 0.25) is 5.02 Å². The third-order valence-electron chi connectivity index (χ3n) is 2.07. The Hall–Kier alpha value is -1.52. The summed E-state index contributed by atoms with van der Waals surface area (Å²) in [4.78, 5) is 0.0971. The van der Waals surface area contributed by atoms with Crippen molar-refractivity contribution in [3.8, 4) is 5.75 Å². The molecule has 0 radical (unpaired) electrons. The molecule has 0 fully saturated rings. The molecule has 2 aromatic carbocycles. The quantitative estimate of drug-likeness (QED) is 0.804. The zero-order valence-corrected chi connectivity index (χ0v) is 10.3. The third kappa shape index (κ3) is 2.78. The Kier molecular flexibility index (Phi) is 3.36. The molecule has 0 saturated carbocycles. The van der Waals surface area contributed by atoms with Crippen LogP contribution in [0.15, 0.2) is 59.5 Å². The van der Waals surface area contributed by atoms with E-state index in [1.54, 1.807) is 36.4 Å². The molecule has 0 aliphatic heterocycles. The zero-order chi connectivity index (χ0) is 12.3. The maximum atomic E-state index is 11.9. The summed E-state index contributed by atoms with van der Waals surface area (Å²) < 4.78 is 28.7. The van der Waals surface area contributed by atoms with Crippen LogP contribution in [0.5, 0.6) is 5.75 Å². The minimum absolute atomic E-state index is 0.0971. The maximum Gasteiger partial charge on any atom is 0.339 e. The average molecular weight is 269 g/mol. The van der Waals surface area contributed by atoms with Gasteiger partial charge in [0, 0.05) is 0 Å². The van der Waals surface area contributed by atoms with E-state index in [1.165, 1.54) is 18.2 Å². The largest absolute Gasteiger partial charge is 0.377 e. The molecule has 0 atom stereocenters. The smallest absolute Gasteiger partial charge is 0.339 e. The van der Waals surface area contributed by atoms with Crippen LogP contribution in [0.4, 0.5) is 0 Å². The van der Waals surface area contributed by atoms with Crippen molar-refractivity contribution in [2.75, 3.05) is 0 Å². The lowest BCUT2D eigenvalue weighted by Crippen LogP contribution is -2.09. The monoisotopic (exact) mass is 268 g/mol. The van der Waals surface area contributed by atoms with Crippen LogP contribution in [0.1, 0.15) is 0 Å². The van der Waals surface area contributed by atoms with Crippen molar-refractivity contribution in [1.82, 2.24) is 0 Å². The summed E-state index contributed by atoms with van der Waals surface area (Å²) in [5, 5.41) is 0.256. The van der Waals surface area contributed by atoms with Gasteiger partial charge in [0.2, 0.25) is 0 Å². The molecule has 0 amide bonds. The highest BCUT2D eigenvalue weighted by Crippen LogP contribution is 2.26. The second-order valence-electron chi connectivity index (χ2n) is 3.28. The predicted octanol–water partition coefficient (Wildman–Crippen LogP) is 3.11. The first-order valence-electron chi connectivity index (χ1n) is 4.84. The number of hydrogen-bond donors (Lipinski definition) is 0. The van der Waals surface area contributed by atoms with E-state index < -0.39 is 10.1 Å². The fraction of sp³-hybridized carbons (Fsp3) is 0. The van der Waals surface area contributed by atoms with E-state index in [1.807, 2.05) is 0 Å². The van der Waals surface area contributed by atoms with Gasteiger partial charge >= 0.3 is 10.1 Å². The van der Waals surface area contributed by atoms with Crippen molar-refractivity contribution in [3.05, 3.63) is 59.6 Å². The van der Waals surface area contributed by atoms with Crippen LogP contribution in [0.3, 0.4) is 0 Å². The highest BCUT2D eigenvalue weighted by Gasteiger charge is 2.17. The molecule has 0 N–H and O–H groups in total. The molecule has 2 aromatic rings. The predicted molar refractivity (Wildman–Crippen MR) is 65.7 cm³/mol. The van der Waals surface area contributed by atoms with E-state index in [0.717, 1.165) is 0 Å². The minimum atomic E-state index is -3.82. The third-order valence-corrected chi connectivity index (χ3v) is 3.63. The molecule has 2 rings (SSSR count). The van der Waals surface area contributed by atoms with Gasteiger partial charge in [-0.05, 0) is 24.3 Å². The summed E-state index contributed by atoms with van der Waals surface area (Å²) in [5.41, 5.74) is 0. The van der Waals surface area contributed by atoms with Gasteiger partial charge in [0.25, 0.3) is 0 Å². The van der Waals surface area contributed by atoms with Gasteiger partial charge in [0.1, 0.15) is 4.90 Å². The van der Waals surface area contributed by atoms with Gasteiger partial charge in [-0.3, -0.25) is 0 Å². The number of hydrogen-bond acceptors (Lipinski definition) is 3. The van der Waals surface area contributed by atoms with Crippen molar-refractivity contribution in [3.63, 3.8) is 0 Å². The van der Waals surface area contributed by atoms with Crippen LogP contribution in [-0.2, 0) is 10.1 Å². The van der Waals surface area contributed by atoms with E-state index in [2.05, 4.69) is 0 Å². The fourth-order valence-corrected chi connectivity index (χ4v) is 2.45. The van der Waals surface area contributed by atoms with Crippen LogP contribution < -0.4 is 4.18 Å². The lowest BCUT2D eigenvalue weighted by Gasteiger charge is -2.07. The van der Waals surface area contributed by atoms with E-state index in [-0.39, 0.29) is 15.7 Å². The molecule has 3 nitrogen and oxygen atoms in total. The second-order valence-corrected chi connectivity index (χ2v) is 5.23. The van der Waals surface area contributed by atoms with Crippen molar-refractivity contribution in [1.29, 1.82) is 0 Å². The molecular weight excluding hydrogens is 260 g/mol. The Labute approximate surface area is 105 Å². The highest BCUT2D eigenvalue weighted by atomic mass is 35.5. The van der Waals surface area contributed by atoms with Gasteiger partial charge in [-0.15, -0.1) is 0 Å². The van der Waals surface area contributed by atoms with Gasteiger partial charge in [0.05, 0.1) is 5.02 Å². The molecule has 0 aliphatic rings. The normalized spacial score (nSPS) is 11.1.